The number of carbonyl (C=O) groups excluding carboxylic acids is 2. The van der Waals surface area contributed by atoms with Gasteiger partial charge in [0, 0.05) is 36.4 Å². The summed E-state index contributed by atoms with van der Waals surface area (Å²) >= 11 is 0. The van der Waals surface area contributed by atoms with Crippen molar-refractivity contribution in [2.24, 2.45) is 56.2 Å². The highest BCUT2D eigenvalue weighted by Crippen LogP contribution is 2.77. The van der Waals surface area contributed by atoms with E-state index in [1.54, 1.807) is 19.4 Å². The Morgan fingerprint density at radius 3 is 2.12 bits per heavy atom. The lowest BCUT2D eigenvalue weighted by Crippen LogP contribution is -2.65. The number of carboxylic acids is 1. The predicted molar refractivity (Wildman–Crippen MR) is 205 cm³/mol. The maximum Gasteiger partial charge on any atom is 0.309 e. The monoisotopic (exact) mass is 711 g/mol. The van der Waals surface area contributed by atoms with E-state index in [1.165, 1.54) is 18.4 Å². The summed E-state index contributed by atoms with van der Waals surface area (Å²) in [7, 11) is 4.31. The topological polar surface area (TPSA) is 87.2 Å². The Morgan fingerprint density at radius 1 is 0.863 bits per heavy atom. The molecule has 5 aliphatic carbocycles. The average molecular weight is 711 g/mol. The fraction of sp³-hybridized carbons (Fsp3) is 0.886. The van der Waals surface area contributed by atoms with Gasteiger partial charge in [0.05, 0.1) is 11.8 Å². The lowest BCUT2D eigenvalue weighted by atomic mass is 9.33. The van der Waals surface area contributed by atoms with E-state index >= 15 is 0 Å². The van der Waals surface area contributed by atoms with E-state index in [2.05, 4.69) is 86.2 Å². The van der Waals surface area contributed by atoms with Crippen molar-refractivity contribution in [2.45, 2.75) is 159 Å². The predicted octanol–water partition coefficient (Wildman–Crippen LogP) is 9.04. The van der Waals surface area contributed by atoms with Gasteiger partial charge in [0.1, 0.15) is 6.10 Å². The number of carbonyl (C=O) groups is 3. The third-order valence-electron chi connectivity index (χ3n) is 16.4. The highest BCUT2D eigenvalue weighted by atomic mass is 16.5. The molecule has 0 amide bonds. The van der Waals surface area contributed by atoms with Gasteiger partial charge in [0.2, 0.25) is 0 Å². The van der Waals surface area contributed by atoms with E-state index in [0.29, 0.717) is 36.0 Å². The molecule has 0 saturated heterocycles. The summed E-state index contributed by atoms with van der Waals surface area (Å²) in [6.45, 7) is 28.0. The molecule has 8 atom stereocenters. The van der Waals surface area contributed by atoms with Crippen LogP contribution in [-0.4, -0.2) is 78.5 Å². The van der Waals surface area contributed by atoms with Gasteiger partial charge >= 0.3 is 11.9 Å². The normalized spacial score (nSPS) is 37.8. The molecule has 7 nitrogen and oxygen atoms in total. The number of ether oxygens (including phenoxy) is 1. The van der Waals surface area contributed by atoms with Gasteiger partial charge < -0.3 is 14.7 Å². The fourth-order valence-corrected chi connectivity index (χ4v) is 13.2. The Morgan fingerprint density at radius 2 is 1.53 bits per heavy atom. The van der Waals surface area contributed by atoms with E-state index in [0.717, 1.165) is 64.6 Å². The molecule has 0 aromatic carbocycles. The number of hydrogen-bond donors (Lipinski definition) is 1. The minimum atomic E-state index is -1.14. The first-order chi connectivity index (χ1) is 23.5. The summed E-state index contributed by atoms with van der Waals surface area (Å²) in [6, 6.07) is 0.481. The van der Waals surface area contributed by atoms with Crippen LogP contribution >= 0.6 is 0 Å². The molecule has 0 bridgehead atoms. The smallest absolute Gasteiger partial charge is 0.309 e. The molecule has 4 saturated carbocycles. The van der Waals surface area contributed by atoms with Crippen molar-refractivity contribution in [1.82, 2.24) is 9.80 Å². The van der Waals surface area contributed by atoms with Crippen molar-refractivity contribution >= 4 is 17.7 Å². The second kappa shape index (κ2) is 13.8. The number of ketones is 1. The van der Waals surface area contributed by atoms with Crippen LogP contribution in [0.4, 0.5) is 0 Å². The van der Waals surface area contributed by atoms with Gasteiger partial charge in [-0.15, -0.1) is 0 Å². The maximum absolute atomic E-state index is 14.1. The molecule has 0 radical (unpaired) electrons. The number of nitrogens with zero attached hydrogens (tertiary/aromatic N) is 2. The summed E-state index contributed by atoms with van der Waals surface area (Å²) < 4.78 is 6.19. The van der Waals surface area contributed by atoms with Crippen molar-refractivity contribution in [3.63, 3.8) is 0 Å². The van der Waals surface area contributed by atoms with Gasteiger partial charge in [0.15, 0.2) is 5.78 Å². The van der Waals surface area contributed by atoms with Crippen LogP contribution in [0.3, 0.4) is 0 Å². The van der Waals surface area contributed by atoms with Gasteiger partial charge in [-0.1, -0.05) is 54.0 Å². The summed E-state index contributed by atoms with van der Waals surface area (Å²) in [4.78, 5) is 43.9. The SMILES string of the molecule is CC(C)C1=C2[C@H]3CCC4[C@@]5(C)CC[C@H](OC(=O)CC(C)(C)C(=O)O)C(C)(C)C5CC[C@@]4(C)[C@]3(C)CC[C@@]2(CCN(CCN(C)C)C(C)C)CC1=O. The van der Waals surface area contributed by atoms with Crippen LogP contribution in [0.5, 0.6) is 0 Å². The van der Waals surface area contributed by atoms with E-state index < -0.39 is 17.4 Å². The van der Waals surface area contributed by atoms with Crippen molar-refractivity contribution in [2.75, 3.05) is 33.7 Å². The number of esters is 1. The fourth-order valence-electron chi connectivity index (χ4n) is 13.2. The minimum Gasteiger partial charge on any atom is -0.481 e. The summed E-state index contributed by atoms with van der Waals surface area (Å²) in [6.07, 6.45) is 10.3. The zero-order valence-electron chi connectivity index (χ0n) is 34.8. The summed E-state index contributed by atoms with van der Waals surface area (Å²) in [5.74, 6) is 0.769. The highest BCUT2D eigenvalue weighted by Gasteiger charge is 2.70. The highest BCUT2D eigenvalue weighted by molar-refractivity contribution is 6.00. The van der Waals surface area contributed by atoms with E-state index in [4.69, 9.17) is 4.74 Å². The van der Waals surface area contributed by atoms with Gasteiger partial charge in [-0.05, 0) is 152 Å². The molecule has 5 aliphatic rings. The van der Waals surface area contributed by atoms with Crippen LogP contribution in [0.1, 0.15) is 147 Å². The molecule has 1 N–H and O–H groups in total. The first kappa shape index (κ1) is 40.5. The zero-order valence-corrected chi connectivity index (χ0v) is 34.8. The Labute approximate surface area is 311 Å². The number of rotatable bonds is 12. The Bertz CT molecular complexity index is 1400. The molecule has 0 aromatic heterocycles. The van der Waals surface area contributed by atoms with E-state index in [-0.39, 0.29) is 45.5 Å². The lowest BCUT2D eigenvalue weighted by molar-refractivity contribution is -0.233. The third-order valence-corrected chi connectivity index (χ3v) is 16.4. The van der Waals surface area contributed by atoms with Gasteiger partial charge in [-0.3, -0.25) is 19.3 Å². The largest absolute Gasteiger partial charge is 0.481 e. The van der Waals surface area contributed by atoms with Crippen LogP contribution in [0.15, 0.2) is 11.1 Å². The van der Waals surface area contributed by atoms with Gasteiger partial charge in [-0.2, -0.15) is 0 Å². The molecule has 0 aromatic rings. The number of allylic oxidation sites excluding steroid dienone is 2. The van der Waals surface area contributed by atoms with Crippen molar-refractivity contribution in [3.05, 3.63) is 11.1 Å². The molecular weight excluding hydrogens is 636 g/mol. The average Bonchev–Trinajstić information content (AvgIpc) is 3.30. The maximum atomic E-state index is 14.1. The number of carboxylic acid groups (broad SMARTS) is 1. The Kier molecular flexibility index (Phi) is 11.0. The molecule has 0 spiro atoms. The molecule has 2 unspecified atom stereocenters. The second-order valence-electron chi connectivity index (χ2n) is 20.9. The molecule has 5 rings (SSSR count). The van der Waals surface area contributed by atoms with Crippen molar-refractivity contribution in [1.29, 1.82) is 0 Å². The van der Waals surface area contributed by atoms with Gasteiger partial charge in [-0.25, -0.2) is 0 Å². The van der Waals surface area contributed by atoms with Crippen molar-refractivity contribution < 1.29 is 24.2 Å². The third kappa shape index (κ3) is 6.69. The lowest BCUT2D eigenvalue weighted by Gasteiger charge is -2.72. The number of likely N-dealkylation sites (N-methyl/N-ethyl adjacent to an activating group) is 1. The molecule has 0 aliphatic heterocycles. The van der Waals surface area contributed by atoms with Gasteiger partial charge in [0.25, 0.3) is 0 Å². The minimum absolute atomic E-state index is 0.00441. The first-order valence-corrected chi connectivity index (χ1v) is 20.6. The van der Waals surface area contributed by atoms with E-state index in [1.807, 2.05) is 0 Å². The summed E-state index contributed by atoms with van der Waals surface area (Å²) in [5, 5.41) is 9.62. The zero-order chi connectivity index (χ0) is 38.1. The number of hydrogen-bond acceptors (Lipinski definition) is 6. The Hall–Kier alpha value is -1.73. The van der Waals surface area contributed by atoms with Crippen LogP contribution in [0, 0.1) is 56.2 Å². The number of aliphatic carboxylic acids is 1. The Balaban J connectivity index is 1.43. The second-order valence-corrected chi connectivity index (χ2v) is 20.9. The molecule has 51 heavy (non-hydrogen) atoms. The van der Waals surface area contributed by atoms with E-state index in [9.17, 15) is 19.5 Å². The number of Topliss-reactive ketones (excluding diaryl/α,β-unsaturated/α-hetero) is 1. The van der Waals surface area contributed by atoms with Crippen LogP contribution < -0.4 is 0 Å². The quantitative estimate of drug-likeness (QED) is 0.202. The molecule has 290 valence electrons. The molecular formula is C44H74N2O5. The van der Waals surface area contributed by atoms with Crippen LogP contribution in [-0.2, 0) is 19.1 Å². The first-order valence-electron chi connectivity index (χ1n) is 20.6. The molecule has 0 heterocycles. The molecule has 4 fully saturated rings. The summed E-state index contributed by atoms with van der Waals surface area (Å²) in [5.41, 5.74) is 1.85. The number of fused-ring (bicyclic) bond motifs is 7. The van der Waals surface area contributed by atoms with Crippen molar-refractivity contribution in [3.8, 4) is 0 Å². The van der Waals surface area contributed by atoms with Crippen LogP contribution in [0.2, 0.25) is 0 Å². The molecule has 7 heteroatoms. The standard InChI is InChI=1S/C44H74N2O5/c1-28(2)36-31(47)26-44(22-23-46(29(3)4)25-24-45(12)13)21-20-42(10)30(37(36)44)14-15-33-41(9)18-17-34(51-35(48)27-39(5,6)38(49)50)40(7,8)32(41)16-19-43(33,42)11/h28-30,32-34H,14-27H2,1-13H3,(H,49,50)/t30-,32?,33?,34+,41+,42-,43-,44-/m1/s1. The van der Waals surface area contributed by atoms with Crippen LogP contribution in [0.25, 0.3) is 0 Å².